The van der Waals surface area contributed by atoms with Crippen LogP contribution in [0, 0.1) is 6.92 Å². The molecule has 0 saturated heterocycles. The van der Waals surface area contributed by atoms with Gasteiger partial charge in [0.15, 0.2) is 0 Å². The molecule has 0 fully saturated rings. The van der Waals surface area contributed by atoms with Crippen LogP contribution in [0.15, 0.2) is 52.3 Å². The van der Waals surface area contributed by atoms with E-state index >= 15 is 0 Å². The fraction of sp³-hybridized carbons (Fsp3) is 0.188. The minimum absolute atomic E-state index is 0.101. The largest absolute Gasteiger partial charge is 0.325 e. The summed E-state index contributed by atoms with van der Waals surface area (Å²) in [6, 6.07) is 8.65. The summed E-state index contributed by atoms with van der Waals surface area (Å²) in [6.45, 7) is 2.59. The first-order valence-corrected chi connectivity index (χ1v) is 8.77. The molecule has 132 valence electrons. The van der Waals surface area contributed by atoms with Gasteiger partial charge in [-0.1, -0.05) is 6.07 Å². The van der Waals surface area contributed by atoms with E-state index in [-0.39, 0.29) is 17.0 Å². The molecule has 0 unspecified atom stereocenters. The zero-order valence-electron chi connectivity index (χ0n) is 13.6. The third-order valence-electron chi connectivity index (χ3n) is 3.25. The first-order chi connectivity index (χ1) is 11.7. The number of nitrogens with one attached hydrogen (secondary N) is 2. The van der Waals surface area contributed by atoms with E-state index in [1.165, 1.54) is 35.0 Å². The predicted octanol–water partition coefficient (Wildman–Crippen LogP) is 0.620. The molecule has 0 aliphatic carbocycles. The van der Waals surface area contributed by atoms with Gasteiger partial charge in [0.2, 0.25) is 11.8 Å². The van der Waals surface area contributed by atoms with Crippen molar-refractivity contribution in [2.24, 2.45) is 0 Å². The lowest BCUT2D eigenvalue weighted by atomic mass is 10.3. The van der Waals surface area contributed by atoms with Crippen molar-refractivity contribution in [1.82, 2.24) is 9.29 Å². The fourth-order valence-corrected chi connectivity index (χ4v) is 3.09. The lowest BCUT2D eigenvalue weighted by molar-refractivity contribution is -0.117. The molecule has 0 bridgehead atoms. The summed E-state index contributed by atoms with van der Waals surface area (Å²) in [6.07, 6.45) is 1.51. The lowest BCUT2D eigenvalue weighted by Crippen LogP contribution is -2.28. The number of sulfonamides is 1. The van der Waals surface area contributed by atoms with Gasteiger partial charge in [-0.15, -0.1) is 0 Å². The van der Waals surface area contributed by atoms with Crippen molar-refractivity contribution in [3.63, 3.8) is 0 Å². The molecule has 0 aliphatic rings. The molecule has 9 heteroatoms. The second-order valence-electron chi connectivity index (χ2n) is 5.36. The predicted molar refractivity (Wildman–Crippen MR) is 91.5 cm³/mol. The van der Waals surface area contributed by atoms with Crippen LogP contribution in [-0.2, 0) is 26.2 Å². The van der Waals surface area contributed by atoms with Crippen LogP contribution >= 0.6 is 0 Å². The highest BCUT2D eigenvalue weighted by Crippen LogP contribution is 2.14. The van der Waals surface area contributed by atoms with Crippen LogP contribution in [0.3, 0.4) is 0 Å². The van der Waals surface area contributed by atoms with Crippen LogP contribution in [-0.4, -0.2) is 24.8 Å². The van der Waals surface area contributed by atoms with E-state index in [9.17, 15) is 22.8 Å². The molecular weight excluding hydrogens is 346 g/mol. The number of anilines is 1. The van der Waals surface area contributed by atoms with Crippen molar-refractivity contribution in [3.05, 3.63) is 58.5 Å². The van der Waals surface area contributed by atoms with Crippen LogP contribution in [0.2, 0.25) is 0 Å². The van der Waals surface area contributed by atoms with Crippen molar-refractivity contribution < 1.29 is 18.0 Å². The fourth-order valence-electron chi connectivity index (χ4n) is 2.10. The van der Waals surface area contributed by atoms with Crippen LogP contribution in [0.4, 0.5) is 5.69 Å². The number of nitrogens with zero attached hydrogens (tertiary/aromatic N) is 1. The number of aromatic nitrogens is 1. The van der Waals surface area contributed by atoms with Gasteiger partial charge in [-0.2, -0.15) is 0 Å². The molecule has 0 saturated carbocycles. The molecule has 0 aliphatic heterocycles. The summed E-state index contributed by atoms with van der Waals surface area (Å²) in [5.41, 5.74) is 0.643. The van der Waals surface area contributed by atoms with Gasteiger partial charge < -0.3 is 9.88 Å². The number of aryl methyl sites for hydroxylation is 1. The topological polar surface area (TPSA) is 114 Å². The number of rotatable bonds is 5. The van der Waals surface area contributed by atoms with Gasteiger partial charge in [0.25, 0.3) is 15.6 Å². The second-order valence-corrected chi connectivity index (χ2v) is 7.04. The molecule has 1 heterocycles. The minimum Gasteiger partial charge on any atom is -0.325 e. The third-order valence-corrected chi connectivity index (χ3v) is 4.70. The Morgan fingerprint density at radius 3 is 2.36 bits per heavy atom. The van der Waals surface area contributed by atoms with Gasteiger partial charge in [0, 0.05) is 24.4 Å². The van der Waals surface area contributed by atoms with E-state index in [2.05, 4.69) is 5.32 Å². The first-order valence-electron chi connectivity index (χ1n) is 7.28. The second kappa shape index (κ2) is 7.31. The highest BCUT2D eigenvalue weighted by Gasteiger charge is 2.15. The van der Waals surface area contributed by atoms with E-state index in [4.69, 9.17) is 0 Å². The van der Waals surface area contributed by atoms with Crippen molar-refractivity contribution in [1.29, 1.82) is 0 Å². The summed E-state index contributed by atoms with van der Waals surface area (Å²) in [4.78, 5) is 34.7. The minimum atomic E-state index is -3.92. The molecule has 2 amide bonds. The zero-order chi connectivity index (χ0) is 18.6. The molecule has 2 rings (SSSR count). The van der Waals surface area contributed by atoms with Crippen LogP contribution in [0.5, 0.6) is 0 Å². The average molecular weight is 363 g/mol. The van der Waals surface area contributed by atoms with Gasteiger partial charge >= 0.3 is 0 Å². The van der Waals surface area contributed by atoms with E-state index in [1.54, 1.807) is 19.1 Å². The van der Waals surface area contributed by atoms with Gasteiger partial charge in [-0.3, -0.25) is 14.4 Å². The van der Waals surface area contributed by atoms with Gasteiger partial charge in [0.1, 0.15) is 6.54 Å². The monoisotopic (exact) mass is 363 g/mol. The lowest BCUT2D eigenvalue weighted by Gasteiger charge is -2.09. The standard InChI is InChI=1S/C16H17N3O5S/c1-11-4-3-9-19(16(11)22)10-15(21)17-13-5-7-14(8-6-13)25(23,24)18-12(2)20/h3-9H,10H2,1-2H3,(H,17,21)(H,18,20). The number of amides is 2. The summed E-state index contributed by atoms with van der Waals surface area (Å²) >= 11 is 0. The summed E-state index contributed by atoms with van der Waals surface area (Å²) in [7, 11) is -3.92. The Morgan fingerprint density at radius 1 is 1.12 bits per heavy atom. The summed E-state index contributed by atoms with van der Waals surface area (Å²) in [5, 5.41) is 2.58. The molecule has 0 atom stereocenters. The molecular formula is C16H17N3O5S. The maximum Gasteiger partial charge on any atom is 0.264 e. The number of pyridine rings is 1. The SMILES string of the molecule is CC(=O)NS(=O)(=O)c1ccc(NC(=O)Cn2cccc(C)c2=O)cc1. The molecule has 1 aromatic carbocycles. The third kappa shape index (κ3) is 4.77. The molecule has 2 aromatic rings. The molecule has 0 radical (unpaired) electrons. The van der Waals surface area contributed by atoms with E-state index < -0.39 is 21.8 Å². The maximum absolute atomic E-state index is 12.0. The number of carbonyl (C=O) groups is 2. The normalized spacial score (nSPS) is 11.0. The van der Waals surface area contributed by atoms with Crippen molar-refractivity contribution in [3.8, 4) is 0 Å². The van der Waals surface area contributed by atoms with Crippen LogP contribution in [0.1, 0.15) is 12.5 Å². The Bertz CT molecular complexity index is 962. The smallest absolute Gasteiger partial charge is 0.264 e. The van der Waals surface area contributed by atoms with Gasteiger partial charge in [0.05, 0.1) is 4.90 Å². The Morgan fingerprint density at radius 2 is 1.76 bits per heavy atom. The Balaban J connectivity index is 2.08. The number of hydrogen-bond acceptors (Lipinski definition) is 5. The van der Waals surface area contributed by atoms with Crippen molar-refractivity contribution in [2.75, 3.05) is 5.32 Å². The molecule has 0 spiro atoms. The number of hydrogen-bond donors (Lipinski definition) is 2. The highest BCUT2D eigenvalue weighted by atomic mass is 32.2. The van der Waals surface area contributed by atoms with Gasteiger partial charge in [-0.05, 0) is 37.3 Å². The molecule has 8 nitrogen and oxygen atoms in total. The first kappa shape index (κ1) is 18.4. The van der Waals surface area contributed by atoms with Crippen molar-refractivity contribution >= 4 is 27.5 Å². The zero-order valence-corrected chi connectivity index (χ0v) is 14.5. The molecule has 2 N–H and O–H groups in total. The Kier molecular flexibility index (Phi) is 5.38. The van der Waals surface area contributed by atoms with Crippen molar-refractivity contribution in [2.45, 2.75) is 25.3 Å². The molecule has 1 aromatic heterocycles. The van der Waals surface area contributed by atoms with E-state index in [0.29, 0.717) is 11.3 Å². The average Bonchev–Trinajstić information content (AvgIpc) is 2.51. The number of carbonyl (C=O) groups excluding carboxylic acids is 2. The quantitative estimate of drug-likeness (QED) is 0.808. The van der Waals surface area contributed by atoms with E-state index in [1.807, 2.05) is 4.72 Å². The number of benzene rings is 1. The van der Waals surface area contributed by atoms with Gasteiger partial charge in [-0.25, -0.2) is 13.1 Å². The van der Waals surface area contributed by atoms with Crippen LogP contribution in [0.25, 0.3) is 0 Å². The molecule has 25 heavy (non-hydrogen) atoms. The van der Waals surface area contributed by atoms with E-state index in [0.717, 1.165) is 6.92 Å². The summed E-state index contributed by atoms with van der Waals surface area (Å²) in [5.74, 6) is -1.12. The van der Waals surface area contributed by atoms with Crippen LogP contribution < -0.4 is 15.6 Å². The maximum atomic E-state index is 12.0. The Labute approximate surface area is 144 Å². The highest BCUT2D eigenvalue weighted by molar-refractivity contribution is 7.90. The summed E-state index contributed by atoms with van der Waals surface area (Å²) < 4.78 is 26.8. The Hall–Kier alpha value is -2.94.